The van der Waals surface area contributed by atoms with E-state index >= 15 is 0 Å². The average Bonchev–Trinajstić information content (AvgIpc) is 2.61. The highest BCUT2D eigenvalue weighted by Gasteiger charge is 2.26. The zero-order valence-electron chi connectivity index (χ0n) is 13.5. The third-order valence-corrected chi connectivity index (χ3v) is 6.36. The Hall–Kier alpha value is -1.59. The number of nitrogens with zero attached hydrogens (tertiary/aromatic N) is 1. The Bertz CT molecular complexity index is 697. The first-order valence-corrected chi connectivity index (χ1v) is 9.46. The Morgan fingerprint density at radius 2 is 1.67 bits per heavy atom. The summed E-state index contributed by atoms with van der Waals surface area (Å²) >= 11 is 0. The van der Waals surface area contributed by atoms with Crippen LogP contribution in [0.3, 0.4) is 0 Å². The van der Waals surface area contributed by atoms with Crippen LogP contribution in [0.5, 0.6) is 0 Å². The fourth-order valence-corrected chi connectivity index (χ4v) is 4.54. The lowest BCUT2D eigenvalue weighted by Crippen LogP contribution is -2.38. The van der Waals surface area contributed by atoms with Crippen molar-refractivity contribution in [2.45, 2.75) is 29.4 Å². The molecule has 0 aliphatic carbocycles. The second-order valence-corrected chi connectivity index (χ2v) is 7.85. The zero-order valence-corrected chi connectivity index (χ0v) is 14.3. The van der Waals surface area contributed by atoms with E-state index in [0.717, 1.165) is 44.5 Å². The van der Waals surface area contributed by atoms with Gasteiger partial charge in [-0.25, -0.2) is 8.78 Å². The van der Waals surface area contributed by atoms with Gasteiger partial charge in [-0.1, -0.05) is 24.3 Å². The van der Waals surface area contributed by atoms with E-state index in [-0.39, 0.29) is 16.9 Å². The maximum Gasteiger partial charge on any atom is 0.139 e. The summed E-state index contributed by atoms with van der Waals surface area (Å²) in [7, 11) is -1.28. The molecule has 0 spiro atoms. The van der Waals surface area contributed by atoms with E-state index < -0.39 is 10.8 Å². The molecule has 2 aromatic rings. The summed E-state index contributed by atoms with van der Waals surface area (Å²) < 4.78 is 39.2. The van der Waals surface area contributed by atoms with E-state index in [1.807, 2.05) is 12.1 Å². The van der Waals surface area contributed by atoms with Crippen molar-refractivity contribution in [3.8, 4) is 0 Å². The van der Waals surface area contributed by atoms with Crippen LogP contribution in [0.25, 0.3) is 0 Å². The van der Waals surface area contributed by atoms with E-state index in [0.29, 0.717) is 4.90 Å². The topological polar surface area (TPSA) is 20.3 Å². The summed E-state index contributed by atoms with van der Waals surface area (Å²) in [6.45, 7) is 2.64. The highest BCUT2D eigenvalue weighted by molar-refractivity contribution is 7.85. The van der Waals surface area contributed by atoms with Gasteiger partial charge in [0, 0.05) is 11.8 Å². The Labute approximate surface area is 144 Å². The van der Waals surface area contributed by atoms with Crippen LogP contribution in [0.4, 0.5) is 8.78 Å². The van der Waals surface area contributed by atoms with Crippen molar-refractivity contribution < 1.29 is 13.0 Å². The number of benzene rings is 2. The quantitative estimate of drug-likeness (QED) is 0.819. The van der Waals surface area contributed by atoms with Crippen LogP contribution in [-0.2, 0) is 17.2 Å². The summed E-state index contributed by atoms with van der Waals surface area (Å²) in [4.78, 5) is 2.65. The van der Waals surface area contributed by atoms with Crippen molar-refractivity contribution in [2.24, 2.45) is 0 Å². The Morgan fingerprint density at radius 1 is 1.00 bits per heavy atom. The van der Waals surface area contributed by atoms with Crippen LogP contribution in [0.15, 0.2) is 53.4 Å². The largest absolute Gasteiger partial charge is 0.303 e. The van der Waals surface area contributed by atoms with Crippen molar-refractivity contribution in [1.82, 2.24) is 4.90 Å². The van der Waals surface area contributed by atoms with Gasteiger partial charge in [0.2, 0.25) is 0 Å². The molecular weight excluding hydrogens is 328 g/mol. The van der Waals surface area contributed by atoms with Crippen LogP contribution in [-0.4, -0.2) is 34.0 Å². The Kier molecular flexibility index (Phi) is 5.74. The zero-order chi connectivity index (χ0) is 16.9. The van der Waals surface area contributed by atoms with Gasteiger partial charge in [-0.15, -0.1) is 0 Å². The maximum atomic E-state index is 13.8. The lowest BCUT2D eigenvalue weighted by Gasteiger charge is -2.31. The van der Waals surface area contributed by atoms with Crippen LogP contribution >= 0.6 is 0 Å². The molecule has 0 saturated carbocycles. The van der Waals surface area contributed by atoms with Gasteiger partial charge in [0.25, 0.3) is 0 Å². The summed E-state index contributed by atoms with van der Waals surface area (Å²) in [5.41, 5.74) is 1.12. The third kappa shape index (κ3) is 4.28. The van der Waals surface area contributed by atoms with Gasteiger partial charge < -0.3 is 4.90 Å². The second kappa shape index (κ2) is 7.99. The molecule has 0 bridgehead atoms. The SMILES string of the molecule is O=S(c1ccccc1F)C1CCN(CCc2ccc(F)cc2)CC1. The van der Waals surface area contributed by atoms with E-state index in [1.165, 1.54) is 18.2 Å². The third-order valence-electron chi connectivity index (χ3n) is 4.52. The Balaban J connectivity index is 1.49. The lowest BCUT2D eigenvalue weighted by molar-refractivity contribution is 0.234. The minimum Gasteiger partial charge on any atom is -0.303 e. The molecule has 1 atom stereocenters. The number of rotatable bonds is 5. The summed E-state index contributed by atoms with van der Waals surface area (Å²) in [5.74, 6) is -0.593. The molecule has 5 heteroatoms. The van der Waals surface area contributed by atoms with Crippen molar-refractivity contribution in [1.29, 1.82) is 0 Å². The Morgan fingerprint density at radius 3 is 2.33 bits per heavy atom. The predicted molar refractivity (Wildman–Crippen MR) is 92.4 cm³/mol. The molecular formula is C19H21F2NOS. The van der Waals surface area contributed by atoms with E-state index in [4.69, 9.17) is 0 Å². The molecule has 0 aromatic heterocycles. The normalized spacial score (nSPS) is 17.8. The highest BCUT2D eigenvalue weighted by Crippen LogP contribution is 2.23. The summed E-state index contributed by atoms with van der Waals surface area (Å²) in [6, 6.07) is 12.9. The van der Waals surface area contributed by atoms with E-state index in [1.54, 1.807) is 18.2 Å². The van der Waals surface area contributed by atoms with Gasteiger partial charge >= 0.3 is 0 Å². The van der Waals surface area contributed by atoms with E-state index in [9.17, 15) is 13.0 Å². The highest BCUT2D eigenvalue weighted by atomic mass is 32.2. The molecule has 2 nitrogen and oxygen atoms in total. The number of likely N-dealkylation sites (tertiary alicyclic amines) is 1. The molecule has 0 N–H and O–H groups in total. The summed E-state index contributed by atoms with van der Waals surface area (Å²) in [6.07, 6.45) is 2.50. The first-order valence-electron chi connectivity index (χ1n) is 8.25. The predicted octanol–water partition coefficient (Wildman–Crippen LogP) is 3.78. The lowest BCUT2D eigenvalue weighted by atomic mass is 10.1. The van der Waals surface area contributed by atoms with Crippen molar-refractivity contribution in [3.63, 3.8) is 0 Å². The van der Waals surface area contributed by atoms with Gasteiger partial charge in [-0.05, 0) is 62.2 Å². The molecule has 1 fully saturated rings. The monoisotopic (exact) mass is 349 g/mol. The van der Waals surface area contributed by atoms with Crippen molar-refractivity contribution in [2.75, 3.05) is 19.6 Å². The average molecular weight is 349 g/mol. The first kappa shape index (κ1) is 17.2. The van der Waals surface area contributed by atoms with Gasteiger partial charge in [-0.3, -0.25) is 4.21 Å². The maximum absolute atomic E-state index is 13.8. The summed E-state index contributed by atoms with van der Waals surface area (Å²) in [5, 5.41) is 0.0176. The standard InChI is InChI=1S/C19H21F2NOS/c20-16-7-5-15(6-8-16)9-12-22-13-10-17(11-14-22)24(23)19-4-2-1-3-18(19)21/h1-8,17H,9-14H2. The molecule has 0 amide bonds. The number of hydrogen-bond acceptors (Lipinski definition) is 2. The van der Waals surface area contributed by atoms with Gasteiger partial charge in [-0.2, -0.15) is 0 Å². The number of hydrogen-bond donors (Lipinski definition) is 0. The van der Waals surface area contributed by atoms with Crippen LogP contribution in [0.1, 0.15) is 18.4 Å². The van der Waals surface area contributed by atoms with Gasteiger partial charge in [0.1, 0.15) is 11.6 Å². The molecule has 1 unspecified atom stereocenters. The molecule has 1 saturated heterocycles. The van der Waals surface area contributed by atoms with Gasteiger partial charge in [0.15, 0.2) is 0 Å². The van der Waals surface area contributed by atoms with Crippen molar-refractivity contribution in [3.05, 3.63) is 65.7 Å². The van der Waals surface area contributed by atoms with Crippen LogP contribution in [0.2, 0.25) is 0 Å². The van der Waals surface area contributed by atoms with Crippen LogP contribution < -0.4 is 0 Å². The molecule has 1 heterocycles. The number of piperidine rings is 1. The molecule has 2 aromatic carbocycles. The molecule has 128 valence electrons. The fourth-order valence-electron chi connectivity index (χ4n) is 3.07. The van der Waals surface area contributed by atoms with E-state index in [2.05, 4.69) is 4.90 Å². The van der Waals surface area contributed by atoms with Gasteiger partial charge in [0.05, 0.1) is 15.7 Å². The molecule has 0 radical (unpaired) electrons. The van der Waals surface area contributed by atoms with Crippen molar-refractivity contribution >= 4 is 10.8 Å². The molecule has 1 aliphatic rings. The molecule has 24 heavy (non-hydrogen) atoms. The molecule has 1 aliphatic heterocycles. The fraction of sp³-hybridized carbons (Fsp3) is 0.368. The molecule has 3 rings (SSSR count). The minimum absolute atomic E-state index is 0.0176. The smallest absolute Gasteiger partial charge is 0.139 e. The minimum atomic E-state index is -1.28. The van der Waals surface area contributed by atoms with Crippen LogP contribution in [0, 0.1) is 11.6 Å². The first-order chi connectivity index (χ1) is 11.6. The second-order valence-electron chi connectivity index (χ2n) is 6.15. The number of halogens is 2.